The van der Waals surface area contributed by atoms with Crippen LogP contribution in [0, 0.1) is 17.0 Å². The summed E-state index contributed by atoms with van der Waals surface area (Å²) in [5.74, 6) is -0.401. The molecule has 0 saturated carbocycles. The number of pyridine rings is 1. The van der Waals surface area contributed by atoms with E-state index in [0.29, 0.717) is 17.8 Å². The highest BCUT2D eigenvalue weighted by Gasteiger charge is 2.10. The van der Waals surface area contributed by atoms with Crippen molar-refractivity contribution in [1.29, 1.82) is 0 Å². The van der Waals surface area contributed by atoms with E-state index in [4.69, 9.17) is 0 Å². The lowest BCUT2D eigenvalue weighted by atomic mass is 10.1. The van der Waals surface area contributed by atoms with E-state index in [0.717, 1.165) is 11.1 Å². The molecule has 1 aromatic heterocycles. The molecule has 0 radical (unpaired) electrons. The molecule has 0 saturated heterocycles. The Morgan fingerprint density at radius 1 is 1.04 bits per heavy atom. The maximum Gasteiger partial charge on any atom is 0.269 e. The Balaban J connectivity index is 1.78. The molecule has 1 amide bonds. The number of nitrogens with zero attached hydrogens (tertiary/aromatic N) is 2. The first-order valence-corrected chi connectivity index (χ1v) is 8.24. The summed E-state index contributed by atoms with van der Waals surface area (Å²) in [6.07, 6.45) is 1.50. The molecule has 27 heavy (non-hydrogen) atoms. The zero-order valence-corrected chi connectivity index (χ0v) is 14.6. The van der Waals surface area contributed by atoms with E-state index in [2.05, 4.69) is 5.32 Å². The van der Waals surface area contributed by atoms with Gasteiger partial charge in [-0.3, -0.25) is 19.7 Å². The van der Waals surface area contributed by atoms with Gasteiger partial charge in [-0.2, -0.15) is 0 Å². The minimum absolute atomic E-state index is 0.0559. The van der Waals surface area contributed by atoms with E-state index in [1.54, 1.807) is 0 Å². The number of nitrogens with one attached hydrogen (secondary N) is 1. The minimum Gasteiger partial charge on any atom is -0.322 e. The van der Waals surface area contributed by atoms with E-state index < -0.39 is 10.8 Å². The highest BCUT2D eigenvalue weighted by molar-refractivity contribution is 6.04. The fourth-order valence-corrected chi connectivity index (χ4v) is 2.55. The molecule has 0 spiro atoms. The summed E-state index contributed by atoms with van der Waals surface area (Å²) in [5.41, 5.74) is 2.57. The fourth-order valence-electron chi connectivity index (χ4n) is 2.55. The largest absolute Gasteiger partial charge is 0.322 e. The maximum atomic E-state index is 12.4. The number of non-ortho nitro benzene ring substituents is 1. The van der Waals surface area contributed by atoms with Crippen LogP contribution in [0.5, 0.6) is 0 Å². The standard InChI is InChI=1S/C20H17N3O4/c1-14-2-4-15(5-3-14)12-22-13-16(6-11-19(22)24)20(25)21-17-7-9-18(10-8-17)23(26)27/h2-11,13H,12H2,1H3,(H,21,25). The molecule has 7 heteroatoms. The predicted molar refractivity (Wildman–Crippen MR) is 102 cm³/mol. The summed E-state index contributed by atoms with van der Waals surface area (Å²) in [7, 11) is 0. The molecule has 0 aliphatic carbocycles. The van der Waals surface area contributed by atoms with E-state index in [-0.39, 0.29) is 11.2 Å². The summed E-state index contributed by atoms with van der Waals surface area (Å²) in [6.45, 7) is 2.34. The number of anilines is 1. The average Bonchev–Trinajstić information content (AvgIpc) is 2.65. The fraction of sp³-hybridized carbons (Fsp3) is 0.100. The number of carbonyl (C=O) groups excluding carboxylic acids is 1. The topological polar surface area (TPSA) is 94.2 Å². The van der Waals surface area contributed by atoms with Gasteiger partial charge < -0.3 is 9.88 Å². The quantitative estimate of drug-likeness (QED) is 0.555. The lowest BCUT2D eigenvalue weighted by Crippen LogP contribution is -2.22. The van der Waals surface area contributed by atoms with Crippen molar-refractivity contribution in [2.75, 3.05) is 5.32 Å². The van der Waals surface area contributed by atoms with Gasteiger partial charge in [-0.25, -0.2) is 0 Å². The van der Waals surface area contributed by atoms with Crippen molar-refractivity contribution < 1.29 is 9.72 Å². The number of hydrogen-bond acceptors (Lipinski definition) is 4. The molecule has 1 N–H and O–H groups in total. The van der Waals surface area contributed by atoms with E-state index >= 15 is 0 Å². The van der Waals surface area contributed by atoms with E-state index in [1.807, 2.05) is 31.2 Å². The second-order valence-corrected chi connectivity index (χ2v) is 6.13. The van der Waals surface area contributed by atoms with Gasteiger partial charge in [-0.1, -0.05) is 29.8 Å². The second-order valence-electron chi connectivity index (χ2n) is 6.13. The Morgan fingerprint density at radius 2 is 1.70 bits per heavy atom. The average molecular weight is 363 g/mol. The van der Waals surface area contributed by atoms with Crippen LogP contribution in [-0.4, -0.2) is 15.4 Å². The Morgan fingerprint density at radius 3 is 2.33 bits per heavy atom. The van der Waals surface area contributed by atoms with Crippen molar-refractivity contribution in [3.8, 4) is 0 Å². The van der Waals surface area contributed by atoms with Gasteiger partial charge in [0.2, 0.25) is 0 Å². The van der Waals surface area contributed by atoms with Gasteiger partial charge in [-0.15, -0.1) is 0 Å². The molecule has 1 heterocycles. The Kier molecular flexibility index (Phi) is 5.12. The number of hydrogen-bond donors (Lipinski definition) is 1. The van der Waals surface area contributed by atoms with Crippen molar-refractivity contribution in [3.05, 3.63) is 104 Å². The lowest BCUT2D eigenvalue weighted by Gasteiger charge is -2.09. The molecular formula is C20H17N3O4. The Hall–Kier alpha value is -3.74. The van der Waals surface area contributed by atoms with Crippen molar-refractivity contribution in [2.45, 2.75) is 13.5 Å². The molecule has 3 aromatic rings. The van der Waals surface area contributed by atoms with Gasteiger partial charge in [-0.05, 0) is 30.7 Å². The molecule has 7 nitrogen and oxygen atoms in total. The van der Waals surface area contributed by atoms with Crippen molar-refractivity contribution >= 4 is 17.3 Å². The number of nitro groups is 1. The van der Waals surface area contributed by atoms with Gasteiger partial charge in [0.25, 0.3) is 17.2 Å². The number of carbonyl (C=O) groups is 1. The van der Waals surface area contributed by atoms with Crippen molar-refractivity contribution in [1.82, 2.24) is 4.57 Å². The van der Waals surface area contributed by atoms with Crippen LogP contribution in [-0.2, 0) is 6.54 Å². The summed E-state index contributed by atoms with van der Waals surface area (Å²) in [6, 6.07) is 16.1. The number of benzene rings is 2. The normalized spacial score (nSPS) is 10.4. The molecule has 0 atom stereocenters. The van der Waals surface area contributed by atoms with Gasteiger partial charge in [0, 0.05) is 30.1 Å². The van der Waals surface area contributed by atoms with Crippen LogP contribution in [0.3, 0.4) is 0 Å². The first kappa shape index (κ1) is 18.1. The SMILES string of the molecule is Cc1ccc(Cn2cc(C(=O)Nc3ccc([N+](=O)[O-])cc3)ccc2=O)cc1. The van der Waals surface area contributed by atoms with Gasteiger partial charge in [0.15, 0.2) is 0 Å². The number of nitro benzene ring substituents is 1. The zero-order chi connectivity index (χ0) is 19.4. The van der Waals surface area contributed by atoms with Gasteiger partial charge in [0.05, 0.1) is 17.0 Å². The van der Waals surface area contributed by atoms with Crippen LogP contribution < -0.4 is 10.9 Å². The third kappa shape index (κ3) is 4.46. The van der Waals surface area contributed by atoms with Crippen molar-refractivity contribution in [2.24, 2.45) is 0 Å². The smallest absolute Gasteiger partial charge is 0.269 e. The first-order valence-electron chi connectivity index (χ1n) is 8.24. The second kappa shape index (κ2) is 7.65. The molecule has 0 unspecified atom stereocenters. The van der Waals surface area contributed by atoms with Crippen LogP contribution >= 0.6 is 0 Å². The number of rotatable bonds is 5. The van der Waals surface area contributed by atoms with Gasteiger partial charge >= 0.3 is 0 Å². The van der Waals surface area contributed by atoms with Gasteiger partial charge in [0.1, 0.15) is 0 Å². The molecule has 3 rings (SSSR count). The molecular weight excluding hydrogens is 346 g/mol. The third-order valence-electron chi connectivity index (χ3n) is 4.06. The van der Waals surface area contributed by atoms with Crippen LogP contribution in [0.2, 0.25) is 0 Å². The third-order valence-corrected chi connectivity index (χ3v) is 4.06. The van der Waals surface area contributed by atoms with Crippen LogP contribution in [0.25, 0.3) is 0 Å². The van der Waals surface area contributed by atoms with Crippen LogP contribution in [0.4, 0.5) is 11.4 Å². The molecule has 0 bridgehead atoms. The van der Waals surface area contributed by atoms with Crippen LogP contribution in [0.1, 0.15) is 21.5 Å². The summed E-state index contributed by atoms with van der Waals surface area (Å²) < 4.78 is 1.47. The lowest BCUT2D eigenvalue weighted by molar-refractivity contribution is -0.384. The maximum absolute atomic E-state index is 12.4. The number of aryl methyl sites for hydroxylation is 1. The summed E-state index contributed by atoms with van der Waals surface area (Å²) >= 11 is 0. The van der Waals surface area contributed by atoms with E-state index in [1.165, 1.54) is 47.2 Å². The highest BCUT2D eigenvalue weighted by Crippen LogP contribution is 2.16. The van der Waals surface area contributed by atoms with E-state index in [9.17, 15) is 19.7 Å². The van der Waals surface area contributed by atoms with Crippen molar-refractivity contribution in [3.63, 3.8) is 0 Å². The summed E-state index contributed by atoms with van der Waals surface area (Å²) in [4.78, 5) is 34.7. The molecule has 0 aliphatic heterocycles. The molecule has 0 fully saturated rings. The summed E-state index contributed by atoms with van der Waals surface area (Å²) in [5, 5.41) is 13.3. The predicted octanol–water partition coefficient (Wildman–Crippen LogP) is 3.37. The Labute approximate surface area is 155 Å². The Bertz CT molecular complexity index is 1040. The minimum atomic E-state index is -0.507. The highest BCUT2D eigenvalue weighted by atomic mass is 16.6. The molecule has 136 valence electrons. The monoisotopic (exact) mass is 363 g/mol. The first-order chi connectivity index (χ1) is 12.9. The number of amides is 1. The molecule has 2 aromatic carbocycles. The van der Waals surface area contributed by atoms with Crippen LogP contribution in [0.15, 0.2) is 71.7 Å². The number of aromatic nitrogens is 1. The zero-order valence-electron chi connectivity index (χ0n) is 14.6. The molecule has 0 aliphatic rings.